The SMILES string of the molecule is NCCCCCNc1ccc2c(c1)C(=O)N(c1ccc(CF)cc1)C2=O. The Hall–Kier alpha value is -2.73. The lowest BCUT2D eigenvalue weighted by Crippen LogP contribution is -2.29. The van der Waals surface area contributed by atoms with Crippen molar-refractivity contribution in [2.45, 2.75) is 25.9 Å². The number of nitrogens with two attached hydrogens (primary N) is 1. The van der Waals surface area contributed by atoms with E-state index in [-0.39, 0.29) is 11.8 Å². The first-order valence-corrected chi connectivity index (χ1v) is 8.77. The molecule has 2 aromatic carbocycles. The van der Waals surface area contributed by atoms with Crippen molar-refractivity contribution < 1.29 is 14.0 Å². The lowest BCUT2D eigenvalue weighted by molar-refractivity contribution is 0.0926. The van der Waals surface area contributed by atoms with Gasteiger partial charge in [0.2, 0.25) is 0 Å². The van der Waals surface area contributed by atoms with E-state index in [2.05, 4.69) is 5.32 Å². The lowest BCUT2D eigenvalue weighted by Gasteiger charge is -2.13. The van der Waals surface area contributed by atoms with Gasteiger partial charge < -0.3 is 11.1 Å². The number of imide groups is 1. The van der Waals surface area contributed by atoms with Gasteiger partial charge in [0.1, 0.15) is 6.67 Å². The summed E-state index contributed by atoms with van der Waals surface area (Å²) in [5.74, 6) is -0.711. The fourth-order valence-electron chi connectivity index (χ4n) is 3.00. The van der Waals surface area contributed by atoms with Crippen LogP contribution in [0.2, 0.25) is 0 Å². The fourth-order valence-corrected chi connectivity index (χ4v) is 3.00. The van der Waals surface area contributed by atoms with Crippen molar-refractivity contribution in [3.8, 4) is 0 Å². The zero-order valence-corrected chi connectivity index (χ0v) is 14.5. The van der Waals surface area contributed by atoms with Crippen molar-refractivity contribution in [1.82, 2.24) is 0 Å². The summed E-state index contributed by atoms with van der Waals surface area (Å²) < 4.78 is 12.7. The summed E-state index contributed by atoms with van der Waals surface area (Å²) in [4.78, 5) is 26.5. The molecule has 0 atom stereocenters. The van der Waals surface area contributed by atoms with Crippen LogP contribution in [0.3, 0.4) is 0 Å². The molecule has 0 aromatic heterocycles. The van der Waals surface area contributed by atoms with Gasteiger partial charge in [-0.1, -0.05) is 18.6 Å². The number of nitrogens with zero attached hydrogens (tertiary/aromatic N) is 1. The third kappa shape index (κ3) is 3.60. The number of hydrogen-bond donors (Lipinski definition) is 2. The Morgan fingerprint density at radius 2 is 1.65 bits per heavy atom. The molecule has 0 radical (unpaired) electrons. The van der Waals surface area contributed by atoms with E-state index in [0.717, 1.165) is 36.4 Å². The molecule has 1 aliphatic heterocycles. The molecule has 3 rings (SSSR count). The molecule has 0 saturated carbocycles. The van der Waals surface area contributed by atoms with Crippen LogP contribution in [0.4, 0.5) is 15.8 Å². The first-order valence-electron chi connectivity index (χ1n) is 8.77. The average Bonchev–Trinajstić information content (AvgIpc) is 2.92. The number of carbonyl (C=O) groups is 2. The highest BCUT2D eigenvalue weighted by molar-refractivity contribution is 6.34. The molecule has 2 amide bonds. The van der Waals surface area contributed by atoms with Gasteiger partial charge >= 0.3 is 0 Å². The van der Waals surface area contributed by atoms with Crippen LogP contribution < -0.4 is 16.0 Å². The predicted molar refractivity (Wildman–Crippen MR) is 100 cm³/mol. The Kier molecular flexibility index (Phi) is 5.63. The van der Waals surface area contributed by atoms with Gasteiger partial charge in [0, 0.05) is 12.2 Å². The summed E-state index contributed by atoms with van der Waals surface area (Å²) in [6.07, 6.45) is 3.04. The second-order valence-electron chi connectivity index (χ2n) is 6.28. The van der Waals surface area contributed by atoms with Gasteiger partial charge in [-0.15, -0.1) is 0 Å². The third-order valence-electron chi connectivity index (χ3n) is 4.45. The number of benzene rings is 2. The van der Waals surface area contributed by atoms with Crippen LogP contribution in [0.1, 0.15) is 45.5 Å². The Morgan fingerprint density at radius 1 is 0.923 bits per heavy atom. The van der Waals surface area contributed by atoms with E-state index in [9.17, 15) is 14.0 Å². The van der Waals surface area contributed by atoms with Crippen molar-refractivity contribution in [1.29, 1.82) is 0 Å². The highest BCUT2D eigenvalue weighted by Crippen LogP contribution is 2.30. The first kappa shape index (κ1) is 18.1. The fraction of sp³-hybridized carbons (Fsp3) is 0.300. The summed E-state index contributed by atoms with van der Waals surface area (Å²) >= 11 is 0. The number of nitrogens with one attached hydrogen (secondary N) is 1. The normalized spacial score (nSPS) is 13.2. The number of halogens is 1. The van der Waals surface area contributed by atoms with Crippen molar-refractivity contribution in [2.24, 2.45) is 5.73 Å². The maximum Gasteiger partial charge on any atom is 0.266 e. The van der Waals surface area contributed by atoms with Crippen LogP contribution in [0.5, 0.6) is 0 Å². The molecule has 0 fully saturated rings. The highest BCUT2D eigenvalue weighted by Gasteiger charge is 2.36. The second kappa shape index (κ2) is 8.10. The quantitative estimate of drug-likeness (QED) is 0.561. The molecule has 0 bridgehead atoms. The number of rotatable bonds is 8. The number of unbranched alkanes of at least 4 members (excludes halogenated alkanes) is 2. The van der Waals surface area contributed by atoms with Gasteiger partial charge in [-0.2, -0.15) is 0 Å². The molecule has 1 aliphatic rings. The van der Waals surface area contributed by atoms with Crippen LogP contribution >= 0.6 is 0 Å². The summed E-state index contributed by atoms with van der Waals surface area (Å²) in [5.41, 5.74) is 8.02. The van der Waals surface area contributed by atoms with Crippen LogP contribution in [-0.4, -0.2) is 24.9 Å². The van der Waals surface area contributed by atoms with Crippen LogP contribution in [0.25, 0.3) is 0 Å². The predicted octanol–water partition coefficient (Wildman–Crippen LogP) is 3.50. The minimum Gasteiger partial charge on any atom is -0.385 e. The van der Waals surface area contributed by atoms with Crippen LogP contribution in [0.15, 0.2) is 42.5 Å². The molecule has 3 N–H and O–H groups in total. The summed E-state index contributed by atoms with van der Waals surface area (Å²) in [6.45, 7) is 0.898. The minimum absolute atomic E-state index is 0.354. The van der Waals surface area contributed by atoms with E-state index in [0.29, 0.717) is 28.9 Å². The topological polar surface area (TPSA) is 75.4 Å². The van der Waals surface area contributed by atoms with Gasteiger partial charge in [-0.25, -0.2) is 9.29 Å². The van der Waals surface area contributed by atoms with E-state index >= 15 is 0 Å². The van der Waals surface area contributed by atoms with Crippen LogP contribution in [-0.2, 0) is 6.67 Å². The van der Waals surface area contributed by atoms with Gasteiger partial charge in [0.05, 0.1) is 16.8 Å². The molecule has 5 nitrogen and oxygen atoms in total. The largest absolute Gasteiger partial charge is 0.385 e. The lowest BCUT2D eigenvalue weighted by atomic mass is 10.1. The molecule has 0 unspecified atom stereocenters. The zero-order chi connectivity index (χ0) is 18.5. The Morgan fingerprint density at radius 3 is 2.35 bits per heavy atom. The maximum atomic E-state index is 12.7. The van der Waals surface area contributed by atoms with Crippen molar-refractivity contribution in [3.05, 3.63) is 59.2 Å². The van der Waals surface area contributed by atoms with Gasteiger partial charge in [-0.3, -0.25) is 9.59 Å². The standard InChI is InChI=1S/C20H22FN3O2/c21-13-14-4-7-16(8-5-14)24-19(25)17-9-6-15(12-18(17)20(24)26)23-11-3-1-2-10-22/h4-9,12,23H,1-3,10-11,13,22H2. The van der Waals surface area contributed by atoms with E-state index < -0.39 is 6.67 Å². The van der Waals surface area contributed by atoms with E-state index in [4.69, 9.17) is 5.73 Å². The average molecular weight is 355 g/mol. The van der Waals surface area contributed by atoms with Crippen molar-refractivity contribution >= 4 is 23.2 Å². The highest BCUT2D eigenvalue weighted by atomic mass is 19.1. The second-order valence-corrected chi connectivity index (χ2v) is 6.28. The summed E-state index contributed by atoms with van der Waals surface area (Å²) in [6, 6.07) is 11.5. The number of hydrogen-bond acceptors (Lipinski definition) is 4. The third-order valence-corrected chi connectivity index (χ3v) is 4.45. The molecule has 136 valence electrons. The molecular weight excluding hydrogens is 333 g/mol. The molecule has 1 heterocycles. The Balaban J connectivity index is 1.74. The Bertz CT molecular complexity index is 805. The first-order chi connectivity index (χ1) is 12.7. The van der Waals surface area contributed by atoms with Gasteiger partial charge in [0.15, 0.2) is 0 Å². The molecule has 2 aromatic rings. The van der Waals surface area contributed by atoms with Gasteiger partial charge in [-0.05, 0) is 55.3 Å². The number of anilines is 2. The van der Waals surface area contributed by atoms with Crippen molar-refractivity contribution in [3.63, 3.8) is 0 Å². The summed E-state index contributed by atoms with van der Waals surface area (Å²) in [7, 11) is 0. The number of alkyl halides is 1. The molecular formula is C20H22FN3O2. The van der Waals surface area contributed by atoms with Crippen LogP contribution in [0, 0.1) is 0 Å². The molecule has 0 saturated heterocycles. The van der Waals surface area contributed by atoms with Gasteiger partial charge in [0.25, 0.3) is 11.8 Å². The number of fused-ring (bicyclic) bond motifs is 1. The molecule has 26 heavy (non-hydrogen) atoms. The van der Waals surface area contributed by atoms with E-state index in [1.807, 2.05) is 6.07 Å². The monoisotopic (exact) mass is 355 g/mol. The number of carbonyl (C=O) groups excluding carboxylic acids is 2. The minimum atomic E-state index is -0.581. The zero-order valence-electron chi connectivity index (χ0n) is 14.5. The van der Waals surface area contributed by atoms with E-state index in [1.165, 1.54) is 0 Å². The smallest absolute Gasteiger partial charge is 0.266 e. The number of amides is 2. The Labute approximate surface area is 152 Å². The summed E-state index contributed by atoms with van der Waals surface area (Å²) in [5, 5.41) is 3.27. The molecule has 6 heteroatoms. The maximum absolute atomic E-state index is 12.7. The van der Waals surface area contributed by atoms with Crippen molar-refractivity contribution in [2.75, 3.05) is 23.3 Å². The molecule has 0 spiro atoms. The molecule has 0 aliphatic carbocycles. The van der Waals surface area contributed by atoms with E-state index in [1.54, 1.807) is 36.4 Å².